The maximum absolute atomic E-state index is 11.7. The van der Waals surface area contributed by atoms with E-state index < -0.39 is 0 Å². The second kappa shape index (κ2) is 5.35. The van der Waals surface area contributed by atoms with Gasteiger partial charge in [0.2, 0.25) is 0 Å². The average molecular weight is 232 g/mol. The molecule has 0 spiro atoms. The molecule has 1 aliphatic heterocycles. The van der Waals surface area contributed by atoms with Crippen molar-refractivity contribution in [1.29, 1.82) is 0 Å². The van der Waals surface area contributed by atoms with E-state index in [4.69, 9.17) is 4.74 Å². The van der Waals surface area contributed by atoms with Gasteiger partial charge in [-0.3, -0.25) is 4.79 Å². The second-order valence-corrected chi connectivity index (χ2v) is 5.03. The van der Waals surface area contributed by atoms with Crippen LogP contribution >= 0.6 is 0 Å². The summed E-state index contributed by atoms with van der Waals surface area (Å²) in [6.45, 7) is 4.72. The summed E-state index contributed by atoms with van der Waals surface area (Å²) in [5.74, 6) is 2.02. The van der Waals surface area contributed by atoms with Gasteiger partial charge in [0.05, 0.1) is 6.61 Å². The summed E-state index contributed by atoms with van der Waals surface area (Å²) in [5, 5.41) is 0. The van der Waals surface area contributed by atoms with Crippen LogP contribution in [0.2, 0.25) is 0 Å². The summed E-state index contributed by atoms with van der Waals surface area (Å²) < 4.78 is 5.62. The van der Waals surface area contributed by atoms with Gasteiger partial charge >= 0.3 is 0 Å². The Morgan fingerprint density at radius 2 is 2.18 bits per heavy atom. The number of rotatable bonds is 4. The first-order valence-corrected chi connectivity index (χ1v) is 6.43. The van der Waals surface area contributed by atoms with Crippen molar-refractivity contribution in [3.8, 4) is 5.75 Å². The third-order valence-corrected chi connectivity index (χ3v) is 3.47. The average Bonchev–Trinajstić information content (AvgIpc) is 2.35. The van der Waals surface area contributed by atoms with Gasteiger partial charge in [-0.25, -0.2) is 0 Å². The molecule has 1 aliphatic rings. The van der Waals surface area contributed by atoms with Gasteiger partial charge in [-0.1, -0.05) is 32.0 Å². The maximum Gasteiger partial charge on any atom is 0.135 e. The van der Waals surface area contributed by atoms with Gasteiger partial charge in [0.1, 0.15) is 11.5 Å². The van der Waals surface area contributed by atoms with Crippen molar-refractivity contribution < 1.29 is 9.53 Å². The van der Waals surface area contributed by atoms with Gasteiger partial charge < -0.3 is 4.74 Å². The Kier molecular flexibility index (Phi) is 3.82. The van der Waals surface area contributed by atoms with Gasteiger partial charge in [0, 0.05) is 12.3 Å². The van der Waals surface area contributed by atoms with E-state index in [1.54, 1.807) is 0 Å². The molecule has 0 radical (unpaired) electrons. The first-order valence-electron chi connectivity index (χ1n) is 6.43. The molecule has 0 N–H and O–H groups in total. The standard InChI is InChI=1S/C15H20O2/c1-11(2)14(16)8-7-12-9-10-17-15-6-4-3-5-13(12)15/h3-6,11-12H,7-10H2,1-2H3. The predicted molar refractivity (Wildman–Crippen MR) is 68.4 cm³/mol. The molecule has 1 aromatic carbocycles. The van der Waals surface area contributed by atoms with Crippen LogP contribution in [0, 0.1) is 5.92 Å². The number of hydrogen-bond acceptors (Lipinski definition) is 2. The Hall–Kier alpha value is -1.31. The van der Waals surface area contributed by atoms with Crippen LogP contribution < -0.4 is 4.74 Å². The fraction of sp³-hybridized carbons (Fsp3) is 0.533. The van der Waals surface area contributed by atoms with Gasteiger partial charge in [-0.2, -0.15) is 0 Å². The maximum atomic E-state index is 11.7. The van der Waals surface area contributed by atoms with Crippen LogP contribution in [0.15, 0.2) is 24.3 Å². The minimum absolute atomic E-state index is 0.157. The molecule has 1 atom stereocenters. The number of ether oxygens (including phenoxy) is 1. The fourth-order valence-corrected chi connectivity index (χ4v) is 2.32. The Morgan fingerprint density at radius 1 is 1.41 bits per heavy atom. The number of ketones is 1. The predicted octanol–water partition coefficient (Wildman–Crippen LogP) is 3.56. The van der Waals surface area contributed by atoms with Crippen LogP contribution in [0.1, 0.15) is 44.6 Å². The monoisotopic (exact) mass is 232 g/mol. The lowest BCUT2D eigenvalue weighted by Gasteiger charge is -2.25. The van der Waals surface area contributed by atoms with E-state index in [1.165, 1.54) is 5.56 Å². The van der Waals surface area contributed by atoms with Crippen molar-refractivity contribution in [2.45, 2.75) is 39.0 Å². The summed E-state index contributed by atoms with van der Waals surface area (Å²) in [6, 6.07) is 8.19. The Bertz CT molecular complexity index is 396. The minimum Gasteiger partial charge on any atom is -0.493 e. The zero-order valence-electron chi connectivity index (χ0n) is 10.6. The quantitative estimate of drug-likeness (QED) is 0.793. The number of carbonyl (C=O) groups excluding carboxylic acids is 1. The van der Waals surface area contributed by atoms with E-state index in [1.807, 2.05) is 32.0 Å². The number of hydrogen-bond donors (Lipinski definition) is 0. The normalized spacial score (nSPS) is 18.6. The summed E-state index contributed by atoms with van der Waals surface area (Å²) in [7, 11) is 0. The first-order chi connectivity index (χ1) is 8.18. The molecule has 1 aromatic rings. The molecule has 0 fully saturated rings. The molecule has 1 unspecified atom stereocenters. The highest BCUT2D eigenvalue weighted by Crippen LogP contribution is 2.36. The number of Topliss-reactive ketones (excluding diaryl/α,β-unsaturated/α-hetero) is 1. The Morgan fingerprint density at radius 3 is 2.94 bits per heavy atom. The van der Waals surface area contributed by atoms with E-state index in [-0.39, 0.29) is 5.92 Å². The molecule has 92 valence electrons. The van der Waals surface area contributed by atoms with Crippen molar-refractivity contribution >= 4 is 5.78 Å². The molecule has 0 aromatic heterocycles. The highest BCUT2D eigenvalue weighted by molar-refractivity contribution is 5.80. The Balaban J connectivity index is 2.01. The van der Waals surface area contributed by atoms with Crippen LogP contribution in [0.4, 0.5) is 0 Å². The summed E-state index contributed by atoms with van der Waals surface area (Å²) in [4.78, 5) is 11.7. The summed E-state index contributed by atoms with van der Waals surface area (Å²) in [6.07, 6.45) is 2.68. The highest BCUT2D eigenvalue weighted by Gasteiger charge is 2.21. The molecule has 2 rings (SSSR count). The zero-order chi connectivity index (χ0) is 12.3. The van der Waals surface area contributed by atoms with E-state index in [0.29, 0.717) is 18.1 Å². The zero-order valence-corrected chi connectivity index (χ0v) is 10.6. The van der Waals surface area contributed by atoms with Crippen LogP contribution in [0.3, 0.4) is 0 Å². The molecule has 0 saturated carbocycles. The van der Waals surface area contributed by atoms with Crippen LogP contribution in [0.5, 0.6) is 5.75 Å². The number of carbonyl (C=O) groups is 1. The smallest absolute Gasteiger partial charge is 0.135 e. The largest absolute Gasteiger partial charge is 0.493 e. The molecule has 0 saturated heterocycles. The first kappa shape index (κ1) is 12.2. The van der Waals surface area contributed by atoms with Crippen molar-refractivity contribution in [3.63, 3.8) is 0 Å². The van der Waals surface area contributed by atoms with Crippen molar-refractivity contribution in [1.82, 2.24) is 0 Å². The molecule has 1 heterocycles. The number of para-hydroxylation sites is 1. The Labute approximate surface area is 103 Å². The van der Waals surface area contributed by atoms with E-state index >= 15 is 0 Å². The highest BCUT2D eigenvalue weighted by atomic mass is 16.5. The summed E-state index contributed by atoms with van der Waals surface area (Å²) >= 11 is 0. The topological polar surface area (TPSA) is 26.3 Å². The molecular weight excluding hydrogens is 212 g/mol. The molecule has 0 amide bonds. The van der Waals surface area contributed by atoms with Crippen LogP contribution in [0.25, 0.3) is 0 Å². The molecule has 17 heavy (non-hydrogen) atoms. The van der Waals surface area contributed by atoms with Gasteiger partial charge in [-0.15, -0.1) is 0 Å². The third kappa shape index (κ3) is 2.87. The SMILES string of the molecule is CC(C)C(=O)CCC1CCOc2ccccc21. The van der Waals surface area contributed by atoms with Crippen LogP contribution in [-0.2, 0) is 4.79 Å². The van der Waals surface area contributed by atoms with Crippen molar-refractivity contribution in [2.24, 2.45) is 5.92 Å². The van der Waals surface area contributed by atoms with Gasteiger partial charge in [0.15, 0.2) is 0 Å². The molecule has 0 aliphatic carbocycles. The lowest BCUT2D eigenvalue weighted by Crippen LogP contribution is -2.16. The van der Waals surface area contributed by atoms with E-state index in [0.717, 1.165) is 25.2 Å². The van der Waals surface area contributed by atoms with E-state index in [9.17, 15) is 4.79 Å². The van der Waals surface area contributed by atoms with Crippen LogP contribution in [-0.4, -0.2) is 12.4 Å². The minimum atomic E-state index is 0.157. The van der Waals surface area contributed by atoms with E-state index in [2.05, 4.69) is 6.07 Å². The second-order valence-electron chi connectivity index (χ2n) is 5.03. The van der Waals surface area contributed by atoms with Crippen molar-refractivity contribution in [3.05, 3.63) is 29.8 Å². The molecule has 2 heteroatoms. The molecule has 2 nitrogen and oxygen atoms in total. The lowest BCUT2D eigenvalue weighted by atomic mass is 9.87. The summed E-state index contributed by atoms with van der Waals surface area (Å²) in [5.41, 5.74) is 1.27. The number of benzene rings is 1. The fourth-order valence-electron chi connectivity index (χ4n) is 2.32. The molecule has 0 bridgehead atoms. The third-order valence-electron chi connectivity index (χ3n) is 3.47. The number of fused-ring (bicyclic) bond motifs is 1. The lowest BCUT2D eigenvalue weighted by molar-refractivity contribution is -0.122. The van der Waals surface area contributed by atoms with Crippen molar-refractivity contribution in [2.75, 3.05) is 6.61 Å². The molecular formula is C15H20O2. The van der Waals surface area contributed by atoms with Gasteiger partial charge in [0.25, 0.3) is 0 Å². The van der Waals surface area contributed by atoms with Gasteiger partial charge in [-0.05, 0) is 30.4 Å².